The summed E-state index contributed by atoms with van der Waals surface area (Å²) in [5.74, 6) is -0.114. The number of carbonyl (C=O) groups excluding carboxylic acids is 1. The van der Waals surface area contributed by atoms with Gasteiger partial charge in [-0.2, -0.15) is 0 Å². The van der Waals surface area contributed by atoms with Gasteiger partial charge in [0.25, 0.3) is 0 Å². The summed E-state index contributed by atoms with van der Waals surface area (Å²) >= 11 is 0. The molecule has 2 aromatic rings. The molecule has 1 aliphatic carbocycles. The summed E-state index contributed by atoms with van der Waals surface area (Å²) in [4.78, 5) is 13.5. The molecule has 4 heteroatoms. The number of halogens is 1. The first-order chi connectivity index (χ1) is 12.9. The molecular weight excluding hydrogens is 414 g/mol. The fraction of sp³-hybridized carbons (Fsp3) is 0.375. The fourth-order valence-electron chi connectivity index (χ4n) is 5.32. The van der Waals surface area contributed by atoms with Gasteiger partial charge in [0.05, 0.1) is 14.1 Å². The Morgan fingerprint density at radius 1 is 0.929 bits per heavy atom. The van der Waals surface area contributed by atoms with E-state index in [1.807, 2.05) is 31.2 Å². The molecule has 3 aliphatic rings. The second kappa shape index (κ2) is 6.57. The van der Waals surface area contributed by atoms with Gasteiger partial charge in [-0.1, -0.05) is 48.5 Å². The minimum atomic E-state index is -0.735. The molecule has 5 rings (SSSR count). The molecule has 2 heterocycles. The zero-order chi connectivity index (χ0) is 18.8. The summed E-state index contributed by atoms with van der Waals surface area (Å²) in [6, 6.07) is 17.4. The SMILES string of the molecule is CC1(C(=O)OC2CC3C=C[C@H](C2)[N+]3(C)C)c2ccccc2-c2ccccc21.[Br-]. The highest BCUT2D eigenvalue weighted by Crippen LogP contribution is 2.49. The minimum Gasteiger partial charge on any atom is -1.00 e. The lowest BCUT2D eigenvalue weighted by molar-refractivity contribution is -0.926. The van der Waals surface area contributed by atoms with E-state index in [0.29, 0.717) is 12.1 Å². The molecule has 2 aliphatic heterocycles. The summed E-state index contributed by atoms with van der Waals surface area (Å²) in [5, 5.41) is 0. The average molecular weight is 440 g/mol. The van der Waals surface area contributed by atoms with Crippen molar-refractivity contribution in [2.24, 2.45) is 0 Å². The molecule has 146 valence electrons. The lowest BCUT2D eigenvalue weighted by Gasteiger charge is -2.44. The van der Waals surface area contributed by atoms with E-state index >= 15 is 0 Å². The Morgan fingerprint density at radius 2 is 1.39 bits per heavy atom. The Morgan fingerprint density at radius 3 is 1.89 bits per heavy atom. The van der Waals surface area contributed by atoms with E-state index in [0.717, 1.165) is 39.6 Å². The van der Waals surface area contributed by atoms with Gasteiger partial charge in [0.2, 0.25) is 0 Å². The van der Waals surface area contributed by atoms with Crippen LogP contribution in [0.1, 0.15) is 30.9 Å². The van der Waals surface area contributed by atoms with Gasteiger partial charge in [-0.05, 0) is 41.3 Å². The number of piperidine rings is 1. The van der Waals surface area contributed by atoms with Gasteiger partial charge in [-0.25, -0.2) is 0 Å². The molecule has 0 radical (unpaired) electrons. The molecule has 0 saturated carbocycles. The zero-order valence-corrected chi connectivity index (χ0v) is 18.1. The van der Waals surface area contributed by atoms with Crippen molar-refractivity contribution in [2.75, 3.05) is 14.1 Å². The number of benzene rings is 2. The van der Waals surface area contributed by atoms with Crippen molar-refractivity contribution in [3.63, 3.8) is 0 Å². The van der Waals surface area contributed by atoms with Crippen molar-refractivity contribution < 1.29 is 31.0 Å². The highest BCUT2D eigenvalue weighted by Gasteiger charge is 2.50. The summed E-state index contributed by atoms with van der Waals surface area (Å²) < 4.78 is 7.16. The lowest BCUT2D eigenvalue weighted by Crippen LogP contribution is -3.00. The van der Waals surface area contributed by atoms with Crippen LogP contribution in [-0.4, -0.2) is 42.7 Å². The second-order valence-corrected chi connectivity index (χ2v) is 8.86. The van der Waals surface area contributed by atoms with Gasteiger partial charge in [-0.15, -0.1) is 0 Å². The number of quaternary nitrogens is 1. The Balaban J connectivity index is 0.00000192. The third kappa shape index (κ3) is 2.54. The third-order valence-electron chi connectivity index (χ3n) is 7.18. The van der Waals surface area contributed by atoms with Crippen molar-refractivity contribution in [3.05, 3.63) is 71.8 Å². The fourth-order valence-corrected chi connectivity index (χ4v) is 5.32. The number of ether oxygens (including phenoxy) is 1. The smallest absolute Gasteiger partial charge is 0.321 e. The highest BCUT2D eigenvalue weighted by atomic mass is 79.9. The topological polar surface area (TPSA) is 26.3 Å². The van der Waals surface area contributed by atoms with E-state index in [2.05, 4.69) is 50.5 Å². The van der Waals surface area contributed by atoms with Crippen LogP contribution in [0.5, 0.6) is 0 Å². The number of rotatable bonds is 2. The quantitative estimate of drug-likeness (QED) is 0.397. The lowest BCUT2D eigenvalue weighted by atomic mass is 9.80. The van der Waals surface area contributed by atoms with Crippen molar-refractivity contribution in [1.82, 2.24) is 0 Å². The van der Waals surface area contributed by atoms with Crippen LogP contribution in [0, 0.1) is 0 Å². The maximum atomic E-state index is 13.5. The number of likely N-dealkylation sites (N-methyl/N-ethyl adjacent to an activating group) is 1. The molecule has 2 bridgehead atoms. The minimum absolute atomic E-state index is 0. The predicted molar refractivity (Wildman–Crippen MR) is 106 cm³/mol. The van der Waals surface area contributed by atoms with E-state index in [-0.39, 0.29) is 29.1 Å². The van der Waals surface area contributed by atoms with E-state index in [1.165, 1.54) is 0 Å². The van der Waals surface area contributed by atoms with Gasteiger partial charge in [0.15, 0.2) is 0 Å². The van der Waals surface area contributed by atoms with Crippen LogP contribution >= 0.6 is 0 Å². The molecule has 1 saturated heterocycles. The van der Waals surface area contributed by atoms with E-state index < -0.39 is 5.41 Å². The third-order valence-corrected chi connectivity index (χ3v) is 7.18. The van der Waals surface area contributed by atoms with Crippen LogP contribution in [0.4, 0.5) is 0 Å². The molecule has 2 aromatic carbocycles. The van der Waals surface area contributed by atoms with Crippen molar-refractivity contribution in [2.45, 2.75) is 43.4 Å². The first kappa shape index (κ1) is 19.4. The normalized spacial score (nSPS) is 27.5. The van der Waals surface area contributed by atoms with Gasteiger partial charge < -0.3 is 26.2 Å². The highest BCUT2D eigenvalue weighted by molar-refractivity contribution is 5.97. The number of hydrogen-bond acceptors (Lipinski definition) is 2. The summed E-state index contributed by atoms with van der Waals surface area (Å²) in [6.07, 6.45) is 6.42. The number of hydrogen-bond donors (Lipinski definition) is 0. The molecule has 0 amide bonds. The van der Waals surface area contributed by atoms with E-state index in [9.17, 15) is 4.79 Å². The first-order valence-corrected chi connectivity index (χ1v) is 9.84. The van der Waals surface area contributed by atoms with Crippen LogP contribution in [-0.2, 0) is 14.9 Å². The maximum Gasteiger partial charge on any atom is 0.321 e. The monoisotopic (exact) mass is 439 g/mol. The summed E-state index contributed by atoms with van der Waals surface area (Å²) in [5.41, 5.74) is 3.68. The molecule has 2 unspecified atom stereocenters. The summed E-state index contributed by atoms with van der Waals surface area (Å²) in [6.45, 7) is 2.02. The van der Waals surface area contributed by atoms with Crippen LogP contribution in [0.15, 0.2) is 60.7 Å². The van der Waals surface area contributed by atoms with Gasteiger partial charge >= 0.3 is 5.97 Å². The van der Waals surface area contributed by atoms with Crippen LogP contribution in [0.3, 0.4) is 0 Å². The van der Waals surface area contributed by atoms with Crippen molar-refractivity contribution in [1.29, 1.82) is 0 Å². The van der Waals surface area contributed by atoms with Gasteiger partial charge in [0, 0.05) is 12.8 Å². The predicted octanol–water partition coefficient (Wildman–Crippen LogP) is 1.07. The molecule has 3 atom stereocenters. The van der Waals surface area contributed by atoms with Crippen molar-refractivity contribution in [3.8, 4) is 11.1 Å². The zero-order valence-electron chi connectivity index (χ0n) is 16.6. The second-order valence-electron chi connectivity index (χ2n) is 8.86. The van der Waals surface area contributed by atoms with E-state index in [1.54, 1.807) is 0 Å². The number of carbonyl (C=O) groups is 1. The molecule has 3 nitrogen and oxygen atoms in total. The number of nitrogens with zero attached hydrogens (tertiary/aromatic N) is 1. The number of fused-ring (bicyclic) bond motifs is 5. The van der Waals surface area contributed by atoms with Crippen molar-refractivity contribution >= 4 is 5.97 Å². The van der Waals surface area contributed by atoms with Gasteiger partial charge in [0.1, 0.15) is 23.6 Å². The van der Waals surface area contributed by atoms with Gasteiger partial charge in [-0.3, -0.25) is 4.79 Å². The molecule has 28 heavy (non-hydrogen) atoms. The van der Waals surface area contributed by atoms with Crippen LogP contribution in [0.2, 0.25) is 0 Å². The maximum absolute atomic E-state index is 13.5. The molecular formula is C24H26BrNO2. The Bertz CT molecular complexity index is 901. The Labute approximate surface area is 177 Å². The molecule has 0 spiro atoms. The Hall–Kier alpha value is -1.91. The molecule has 0 aromatic heterocycles. The Kier molecular flexibility index (Phi) is 4.55. The molecule has 0 N–H and O–H groups in total. The molecule has 1 fully saturated rings. The number of esters is 1. The van der Waals surface area contributed by atoms with E-state index in [4.69, 9.17) is 4.74 Å². The van der Waals surface area contributed by atoms with Crippen LogP contribution < -0.4 is 17.0 Å². The summed E-state index contributed by atoms with van der Waals surface area (Å²) in [7, 11) is 4.55. The average Bonchev–Trinajstić information content (AvgIpc) is 2.96. The first-order valence-electron chi connectivity index (χ1n) is 9.84. The van der Waals surface area contributed by atoms with Crippen LogP contribution in [0.25, 0.3) is 11.1 Å². The standard InChI is InChI=1S/C24H26NO2.BrH/c1-24(21-10-6-4-8-19(21)20-9-5-7-11-22(20)24)23(26)27-18-14-16-12-13-17(15-18)25(16,2)3;/h4-13,16-18H,14-15H2,1-3H3;1H/q+1;/p-1/t16-,17?,18?;/m1./s1. The largest absolute Gasteiger partial charge is 1.00 e.